The van der Waals surface area contributed by atoms with E-state index in [1.165, 1.54) is 11.1 Å². The van der Waals surface area contributed by atoms with Gasteiger partial charge in [0.25, 0.3) is 5.91 Å². The number of aromatic amines is 1. The van der Waals surface area contributed by atoms with Gasteiger partial charge >= 0.3 is 6.03 Å². The van der Waals surface area contributed by atoms with Gasteiger partial charge in [-0.2, -0.15) is 0 Å². The Morgan fingerprint density at radius 2 is 1.89 bits per heavy atom. The predicted octanol–water partition coefficient (Wildman–Crippen LogP) is 2.77. The molecule has 6 nitrogen and oxygen atoms in total. The third-order valence-corrected chi connectivity index (χ3v) is 5.70. The number of aryl methyl sites for hydroxylation is 4. The number of H-pyrrole nitrogens is 1. The van der Waals surface area contributed by atoms with Crippen LogP contribution in [0.4, 0.5) is 4.79 Å². The number of nitrogens with zero attached hydrogens (tertiary/aromatic N) is 1. The van der Waals surface area contributed by atoms with Crippen LogP contribution < -0.4 is 5.32 Å². The molecule has 0 unspecified atom stereocenters. The molecule has 2 aliphatic rings. The summed E-state index contributed by atoms with van der Waals surface area (Å²) in [6, 6.07) is 7.19. The number of rotatable bonds is 4. The fourth-order valence-corrected chi connectivity index (χ4v) is 4.16. The zero-order valence-electron chi connectivity index (χ0n) is 15.8. The Labute approximate surface area is 157 Å². The van der Waals surface area contributed by atoms with Crippen LogP contribution in [0.5, 0.6) is 0 Å². The molecule has 3 amide bonds. The minimum Gasteiger partial charge on any atom is -0.362 e. The zero-order chi connectivity index (χ0) is 19.3. The number of fused-ring (bicyclic) bond motifs is 1. The van der Waals surface area contributed by atoms with Crippen LogP contribution >= 0.6 is 0 Å². The number of hydrogen-bond acceptors (Lipinski definition) is 3. The number of nitrogens with one attached hydrogen (secondary N) is 2. The summed E-state index contributed by atoms with van der Waals surface area (Å²) in [5.41, 5.74) is 4.30. The van der Waals surface area contributed by atoms with Crippen LogP contribution in [0.1, 0.15) is 51.8 Å². The molecule has 0 radical (unpaired) electrons. The number of carbonyl (C=O) groups is 3. The van der Waals surface area contributed by atoms with Crippen molar-refractivity contribution in [1.29, 1.82) is 0 Å². The minimum atomic E-state index is -1.14. The second-order valence-electron chi connectivity index (χ2n) is 7.70. The van der Waals surface area contributed by atoms with Gasteiger partial charge in [-0.1, -0.05) is 18.2 Å². The molecule has 1 aliphatic carbocycles. The lowest BCUT2D eigenvalue weighted by Crippen LogP contribution is -2.41. The van der Waals surface area contributed by atoms with Crippen LogP contribution in [0, 0.1) is 13.8 Å². The smallest absolute Gasteiger partial charge is 0.325 e. The summed E-state index contributed by atoms with van der Waals surface area (Å²) in [7, 11) is 0. The standard InChI is InChI=1S/C21H23N3O3/c1-12-9-17(13(2)22-12)18(25)11-24-19(26)21(3,23-20(24)27)16-8-7-14-5-4-6-15(14)10-16/h7-10,22H,4-6,11H2,1-3H3,(H,23,27)/t21-/m0/s1. The molecule has 140 valence electrons. The van der Waals surface area contributed by atoms with Crippen molar-refractivity contribution in [2.45, 2.75) is 45.6 Å². The summed E-state index contributed by atoms with van der Waals surface area (Å²) < 4.78 is 0. The molecule has 27 heavy (non-hydrogen) atoms. The Hall–Kier alpha value is -2.89. The summed E-state index contributed by atoms with van der Waals surface area (Å²) in [4.78, 5) is 42.3. The van der Waals surface area contributed by atoms with E-state index in [0.29, 0.717) is 5.56 Å². The van der Waals surface area contributed by atoms with Gasteiger partial charge in [0.1, 0.15) is 5.54 Å². The van der Waals surface area contributed by atoms with Gasteiger partial charge in [-0.3, -0.25) is 14.5 Å². The Balaban J connectivity index is 1.60. The van der Waals surface area contributed by atoms with Gasteiger partial charge in [0.2, 0.25) is 0 Å². The molecule has 1 atom stereocenters. The highest BCUT2D eigenvalue weighted by atomic mass is 16.2. The first-order chi connectivity index (χ1) is 12.8. The molecule has 1 saturated heterocycles. The average Bonchev–Trinajstić information content (AvgIpc) is 3.28. The first-order valence-electron chi connectivity index (χ1n) is 9.25. The van der Waals surface area contributed by atoms with E-state index in [-0.39, 0.29) is 18.2 Å². The largest absolute Gasteiger partial charge is 0.362 e. The van der Waals surface area contributed by atoms with E-state index in [1.807, 2.05) is 25.1 Å². The molecule has 0 spiro atoms. The van der Waals surface area contributed by atoms with Crippen molar-refractivity contribution >= 4 is 17.7 Å². The fourth-order valence-electron chi connectivity index (χ4n) is 4.16. The van der Waals surface area contributed by atoms with Gasteiger partial charge in [0.05, 0.1) is 6.54 Å². The predicted molar refractivity (Wildman–Crippen MR) is 101 cm³/mol. The summed E-state index contributed by atoms with van der Waals surface area (Å²) >= 11 is 0. The van der Waals surface area contributed by atoms with E-state index in [0.717, 1.165) is 41.1 Å². The maximum absolute atomic E-state index is 13.1. The molecular formula is C21H23N3O3. The summed E-state index contributed by atoms with van der Waals surface area (Å²) in [5.74, 6) is -0.637. The lowest BCUT2D eigenvalue weighted by atomic mass is 9.89. The third kappa shape index (κ3) is 2.76. The van der Waals surface area contributed by atoms with E-state index >= 15 is 0 Å². The Morgan fingerprint density at radius 3 is 2.59 bits per heavy atom. The van der Waals surface area contributed by atoms with Gasteiger partial charge in [0, 0.05) is 17.0 Å². The van der Waals surface area contributed by atoms with Crippen molar-refractivity contribution in [1.82, 2.24) is 15.2 Å². The molecule has 0 bridgehead atoms. The van der Waals surface area contributed by atoms with Crippen LogP contribution in [0.25, 0.3) is 0 Å². The fraction of sp³-hybridized carbons (Fsp3) is 0.381. The first-order valence-corrected chi connectivity index (χ1v) is 9.25. The highest BCUT2D eigenvalue weighted by Gasteiger charge is 2.49. The summed E-state index contributed by atoms with van der Waals surface area (Å²) in [5, 5.41) is 2.79. The van der Waals surface area contributed by atoms with Gasteiger partial charge in [-0.15, -0.1) is 0 Å². The Kier molecular flexibility index (Phi) is 3.94. The van der Waals surface area contributed by atoms with E-state index in [2.05, 4.69) is 10.3 Å². The molecule has 0 saturated carbocycles. The molecule has 1 aliphatic heterocycles. The lowest BCUT2D eigenvalue weighted by Gasteiger charge is -2.23. The quantitative estimate of drug-likeness (QED) is 0.646. The number of hydrogen-bond donors (Lipinski definition) is 2. The van der Waals surface area contributed by atoms with Crippen LogP contribution in [0.15, 0.2) is 24.3 Å². The summed E-state index contributed by atoms with van der Waals surface area (Å²) in [6.45, 7) is 5.12. The third-order valence-electron chi connectivity index (χ3n) is 5.70. The summed E-state index contributed by atoms with van der Waals surface area (Å²) in [6.07, 6.45) is 3.17. The SMILES string of the molecule is Cc1cc(C(=O)CN2C(=O)N[C@@](C)(c3ccc4c(c3)CCC4)C2=O)c(C)[nH]1. The minimum absolute atomic E-state index is 0.251. The van der Waals surface area contributed by atoms with Crippen LogP contribution in [0.2, 0.25) is 0 Å². The highest BCUT2D eigenvalue weighted by Crippen LogP contribution is 2.32. The van der Waals surface area contributed by atoms with Crippen LogP contribution in [-0.4, -0.2) is 34.2 Å². The van der Waals surface area contributed by atoms with E-state index in [9.17, 15) is 14.4 Å². The van der Waals surface area contributed by atoms with E-state index < -0.39 is 11.6 Å². The number of Topliss-reactive ketones (excluding diaryl/α,β-unsaturated/α-hetero) is 1. The second kappa shape index (κ2) is 6.08. The highest BCUT2D eigenvalue weighted by molar-refractivity contribution is 6.11. The molecule has 1 fully saturated rings. The van der Waals surface area contributed by atoms with Gasteiger partial charge in [-0.25, -0.2) is 4.79 Å². The van der Waals surface area contributed by atoms with E-state index in [4.69, 9.17) is 0 Å². The van der Waals surface area contributed by atoms with Crippen LogP contribution in [0.3, 0.4) is 0 Å². The monoisotopic (exact) mass is 365 g/mol. The number of aromatic nitrogens is 1. The number of benzene rings is 1. The molecule has 1 aromatic carbocycles. The van der Waals surface area contributed by atoms with Crippen molar-refractivity contribution in [3.8, 4) is 0 Å². The molecule has 2 aromatic rings. The normalized spacial score (nSPS) is 21.5. The maximum Gasteiger partial charge on any atom is 0.325 e. The number of urea groups is 1. The van der Waals surface area contributed by atoms with Gasteiger partial charge in [-0.05, 0) is 62.8 Å². The number of carbonyl (C=O) groups excluding carboxylic acids is 3. The average molecular weight is 365 g/mol. The second-order valence-corrected chi connectivity index (χ2v) is 7.70. The topological polar surface area (TPSA) is 82.3 Å². The van der Waals surface area contributed by atoms with Crippen molar-refractivity contribution in [2.24, 2.45) is 0 Å². The Morgan fingerprint density at radius 1 is 1.15 bits per heavy atom. The first kappa shape index (κ1) is 17.5. The van der Waals surface area contributed by atoms with Crippen molar-refractivity contribution < 1.29 is 14.4 Å². The van der Waals surface area contributed by atoms with Crippen molar-refractivity contribution in [2.75, 3.05) is 6.54 Å². The molecule has 1 aromatic heterocycles. The van der Waals surface area contributed by atoms with Crippen molar-refractivity contribution in [3.05, 3.63) is 57.9 Å². The van der Waals surface area contributed by atoms with Crippen LogP contribution in [-0.2, 0) is 23.2 Å². The Bertz CT molecular complexity index is 975. The molecule has 2 heterocycles. The lowest BCUT2D eigenvalue weighted by molar-refractivity contribution is -0.130. The molecular weight excluding hydrogens is 342 g/mol. The number of amides is 3. The van der Waals surface area contributed by atoms with Gasteiger partial charge in [0.15, 0.2) is 5.78 Å². The van der Waals surface area contributed by atoms with Crippen molar-refractivity contribution in [3.63, 3.8) is 0 Å². The van der Waals surface area contributed by atoms with E-state index in [1.54, 1.807) is 19.9 Å². The molecule has 2 N–H and O–H groups in total. The molecule has 6 heteroatoms. The maximum atomic E-state index is 13.1. The van der Waals surface area contributed by atoms with Gasteiger partial charge < -0.3 is 10.3 Å². The number of imide groups is 1. The number of ketones is 1. The zero-order valence-corrected chi connectivity index (χ0v) is 15.8. The molecule has 4 rings (SSSR count).